The van der Waals surface area contributed by atoms with Crippen molar-refractivity contribution in [2.24, 2.45) is 0 Å². The Morgan fingerprint density at radius 3 is 1.67 bits per heavy atom. The molecule has 1 N–H and O–H groups in total. The van der Waals surface area contributed by atoms with Gasteiger partial charge in [0, 0.05) is 0 Å². The number of nitrogens with zero attached hydrogens (tertiary/aromatic N) is 1. The van der Waals surface area contributed by atoms with Crippen molar-refractivity contribution < 1.29 is 4.74 Å². The fourth-order valence-electron chi connectivity index (χ4n) is 3.43. The fourth-order valence-corrected chi connectivity index (χ4v) is 3.43. The summed E-state index contributed by atoms with van der Waals surface area (Å²) < 4.78 is 5.95. The SMILES string of the molecule is N#C[C@H](NC(c1ccccc1)c1ccccc1)c1cccc(Oc2ccccc2)c1. The van der Waals surface area contributed by atoms with Crippen LogP contribution in [0.2, 0.25) is 0 Å². The van der Waals surface area contributed by atoms with Gasteiger partial charge in [0.2, 0.25) is 0 Å². The Balaban J connectivity index is 1.61. The van der Waals surface area contributed by atoms with Crippen LogP contribution in [0.3, 0.4) is 0 Å². The van der Waals surface area contributed by atoms with Crippen LogP contribution in [0.25, 0.3) is 0 Å². The molecule has 0 unspecified atom stereocenters. The number of benzene rings is 4. The van der Waals surface area contributed by atoms with Gasteiger partial charge in [-0.1, -0.05) is 91.0 Å². The maximum atomic E-state index is 9.95. The lowest BCUT2D eigenvalue weighted by Gasteiger charge is -2.23. The molecule has 1 atom stereocenters. The lowest BCUT2D eigenvalue weighted by molar-refractivity contribution is 0.480. The van der Waals surface area contributed by atoms with Crippen LogP contribution in [0, 0.1) is 11.3 Å². The van der Waals surface area contributed by atoms with Gasteiger partial charge in [0.05, 0.1) is 12.1 Å². The average molecular weight is 390 g/mol. The Morgan fingerprint density at radius 1 is 0.600 bits per heavy atom. The third-order valence-corrected chi connectivity index (χ3v) is 4.90. The average Bonchev–Trinajstić information content (AvgIpc) is 2.82. The van der Waals surface area contributed by atoms with Gasteiger partial charge in [0.15, 0.2) is 0 Å². The van der Waals surface area contributed by atoms with Gasteiger partial charge >= 0.3 is 0 Å². The molecule has 0 aliphatic rings. The Labute approximate surface area is 177 Å². The molecule has 0 heterocycles. The molecular formula is C27H22N2O. The predicted octanol–water partition coefficient (Wildman–Crippen LogP) is 6.42. The highest BCUT2D eigenvalue weighted by Crippen LogP contribution is 2.28. The molecule has 0 aromatic heterocycles. The molecule has 0 radical (unpaired) electrons. The van der Waals surface area contributed by atoms with E-state index in [1.807, 2.05) is 91.0 Å². The highest BCUT2D eigenvalue weighted by atomic mass is 16.5. The van der Waals surface area contributed by atoms with E-state index < -0.39 is 6.04 Å². The zero-order valence-electron chi connectivity index (χ0n) is 16.5. The normalized spacial score (nSPS) is 11.6. The van der Waals surface area contributed by atoms with Crippen LogP contribution in [-0.4, -0.2) is 0 Å². The lowest BCUT2D eigenvalue weighted by atomic mass is 9.96. The summed E-state index contributed by atoms with van der Waals surface area (Å²) in [5.74, 6) is 1.47. The molecule has 0 amide bonds. The van der Waals surface area contributed by atoms with Crippen molar-refractivity contribution in [1.82, 2.24) is 5.32 Å². The zero-order valence-corrected chi connectivity index (χ0v) is 16.5. The summed E-state index contributed by atoms with van der Waals surface area (Å²) in [5, 5.41) is 13.5. The fraction of sp³-hybridized carbons (Fsp3) is 0.0741. The monoisotopic (exact) mass is 390 g/mol. The maximum Gasteiger partial charge on any atom is 0.127 e. The van der Waals surface area contributed by atoms with Crippen molar-refractivity contribution in [3.8, 4) is 17.6 Å². The standard InChI is InChI=1S/C27H22N2O/c28-20-26(23-15-10-18-25(19-23)30-24-16-8-3-9-17-24)29-27(21-11-4-1-5-12-21)22-13-6-2-7-14-22/h1-19,26-27,29H/t26-/m0/s1. The van der Waals surface area contributed by atoms with Crippen LogP contribution in [0.1, 0.15) is 28.8 Å². The van der Waals surface area contributed by atoms with Gasteiger partial charge in [0.25, 0.3) is 0 Å². The number of nitriles is 1. The van der Waals surface area contributed by atoms with E-state index in [0.717, 1.165) is 22.4 Å². The molecule has 4 aromatic rings. The van der Waals surface area contributed by atoms with Crippen LogP contribution in [0.15, 0.2) is 115 Å². The van der Waals surface area contributed by atoms with E-state index in [2.05, 4.69) is 35.7 Å². The van der Waals surface area contributed by atoms with Crippen LogP contribution < -0.4 is 10.1 Å². The van der Waals surface area contributed by atoms with Crippen LogP contribution >= 0.6 is 0 Å². The van der Waals surface area contributed by atoms with E-state index in [1.165, 1.54) is 0 Å². The number of hydrogen-bond acceptors (Lipinski definition) is 3. The molecule has 3 nitrogen and oxygen atoms in total. The Bertz CT molecular complexity index is 1070. The third kappa shape index (κ3) is 4.75. The minimum atomic E-state index is -0.491. The van der Waals surface area contributed by atoms with Crippen molar-refractivity contribution in [1.29, 1.82) is 5.26 Å². The van der Waals surface area contributed by atoms with Gasteiger partial charge in [-0.25, -0.2) is 0 Å². The van der Waals surface area contributed by atoms with Crippen molar-refractivity contribution in [3.63, 3.8) is 0 Å². The van der Waals surface area contributed by atoms with Crippen molar-refractivity contribution in [2.75, 3.05) is 0 Å². The first kappa shape index (κ1) is 19.4. The van der Waals surface area contributed by atoms with Crippen molar-refractivity contribution in [3.05, 3.63) is 132 Å². The molecule has 0 spiro atoms. The molecule has 0 bridgehead atoms. The summed E-state index contributed by atoms with van der Waals surface area (Å²) in [6.07, 6.45) is 0. The largest absolute Gasteiger partial charge is 0.457 e. The summed E-state index contributed by atoms with van der Waals surface area (Å²) in [6.45, 7) is 0. The predicted molar refractivity (Wildman–Crippen MR) is 119 cm³/mol. The zero-order chi connectivity index (χ0) is 20.6. The van der Waals surface area contributed by atoms with Crippen molar-refractivity contribution >= 4 is 0 Å². The second kappa shape index (κ2) is 9.56. The first-order valence-corrected chi connectivity index (χ1v) is 9.92. The number of nitrogens with one attached hydrogen (secondary N) is 1. The van der Waals surface area contributed by atoms with E-state index in [1.54, 1.807) is 0 Å². The molecule has 30 heavy (non-hydrogen) atoms. The summed E-state index contributed by atoms with van der Waals surface area (Å²) in [4.78, 5) is 0. The summed E-state index contributed by atoms with van der Waals surface area (Å²) in [5.41, 5.74) is 3.09. The quantitative estimate of drug-likeness (QED) is 0.396. The van der Waals surface area contributed by atoms with E-state index in [-0.39, 0.29) is 6.04 Å². The lowest BCUT2D eigenvalue weighted by Crippen LogP contribution is -2.26. The van der Waals surface area contributed by atoms with Gasteiger partial charge in [-0.05, 0) is 41.0 Å². The number of hydrogen-bond donors (Lipinski definition) is 1. The first-order chi connectivity index (χ1) is 14.8. The molecule has 0 saturated heterocycles. The topological polar surface area (TPSA) is 45.0 Å². The minimum absolute atomic E-state index is 0.101. The van der Waals surface area contributed by atoms with Gasteiger partial charge in [0.1, 0.15) is 17.5 Å². The Morgan fingerprint density at radius 2 is 1.10 bits per heavy atom. The van der Waals surface area contributed by atoms with Crippen LogP contribution in [-0.2, 0) is 0 Å². The van der Waals surface area contributed by atoms with E-state index in [0.29, 0.717) is 5.75 Å². The van der Waals surface area contributed by atoms with Crippen LogP contribution in [0.4, 0.5) is 0 Å². The van der Waals surface area contributed by atoms with Gasteiger partial charge in [-0.15, -0.1) is 0 Å². The Kier molecular flexibility index (Phi) is 6.19. The number of para-hydroxylation sites is 1. The van der Waals surface area contributed by atoms with Gasteiger partial charge < -0.3 is 4.74 Å². The molecule has 3 heteroatoms. The second-order valence-electron chi connectivity index (χ2n) is 6.97. The molecule has 4 aromatic carbocycles. The molecule has 0 saturated carbocycles. The van der Waals surface area contributed by atoms with Gasteiger partial charge in [-0.2, -0.15) is 5.26 Å². The van der Waals surface area contributed by atoms with Gasteiger partial charge in [-0.3, -0.25) is 5.32 Å². The molecule has 146 valence electrons. The molecular weight excluding hydrogens is 368 g/mol. The number of ether oxygens (including phenoxy) is 1. The molecule has 0 fully saturated rings. The van der Waals surface area contributed by atoms with Crippen LogP contribution in [0.5, 0.6) is 11.5 Å². The minimum Gasteiger partial charge on any atom is -0.457 e. The molecule has 0 aliphatic carbocycles. The van der Waals surface area contributed by atoms with E-state index in [4.69, 9.17) is 4.74 Å². The Hall–Kier alpha value is -3.87. The highest BCUT2D eigenvalue weighted by Gasteiger charge is 2.20. The molecule has 4 rings (SSSR count). The summed E-state index contributed by atoms with van der Waals surface area (Å²) in [6, 6.07) is 39.5. The highest BCUT2D eigenvalue weighted by molar-refractivity contribution is 5.38. The molecule has 0 aliphatic heterocycles. The van der Waals surface area contributed by atoms with Crippen molar-refractivity contribution in [2.45, 2.75) is 12.1 Å². The van der Waals surface area contributed by atoms with E-state index >= 15 is 0 Å². The summed E-state index contributed by atoms with van der Waals surface area (Å²) >= 11 is 0. The first-order valence-electron chi connectivity index (χ1n) is 9.92. The third-order valence-electron chi connectivity index (χ3n) is 4.90. The number of rotatable bonds is 7. The second-order valence-corrected chi connectivity index (χ2v) is 6.97. The smallest absolute Gasteiger partial charge is 0.127 e. The summed E-state index contributed by atoms with van der Waals surface area (Å²) in [7, 11) is 0. The maximum absolute atomic E-state index is 9.95. The van der Waals surface area contributed by atoms with E-state index in [9.17, 15) is 5.26 Å².